The van der Waals surface area contributed by atoms with Crippen molar-refractivity contribution in [3.63, 3.8) is 0 Å². The van der Waals surface area contributed by atoms with Crippen molar-refractivity contribution in [3.8, 4) is 11.5 Å². The van der Waals surface area contributed by atoms with Gasteiger partial charge in [0.15, 0.2) is 6.10 Å². The molecule has 0 aliphatic carbocycles. The lowest BCUT2D eigenvalue weighted by Gasteiger charge is -2.23. The van der Waals surface area contributed by atoms with Crippen LogP contribution in [0.5, 0.6) is 11.5 Å². The first-order valence-corrected chi connectivity index (χ1v) is 7.14. The summed E-state index contributed by atoms with van der Waals surface area (Å²) >= 11 is 0. The predicted octanol–water partition coefficient (Wildman–Crippen LogP) is 2.67. The molecule has 1 unspecified atom stereocenters. The lowest BCUT2D eigenvalue weighted by atomic mass is 10.1. The van der Waals surface area contributed by atoms with Gasteiger partial charge in [-0.25, -0.2) is 0 Å². The Labute approximate surface area is 133 Å². The van der Waals surface area contributed by atoms with Gasteiger partial charge in [-0.3, -0.25) is 9.59 Å². The second-order valence-electron chi connectivity index (χ2n) is 5.11. The van der Waals surface area contributed by atoms with Crippen molar-refractivity contribution in [3.05, 3.63) is 48.0 Å². The Morgan fingerprint density at radius 2 is 2.04 bits per heavy atom. The van der Waals surface area contributed by atoms with Crippen molar-refractivity contribution in [2.24, 2.45) is 0 Å². The van der Waals surface area contributed by atoms with Crippen molar-refractivity contribution in [2.45, 2.75) is 13.0 Å². The Kier molecular flexibility index (Phi) is 3.89. The number of para-hydroxylation sites is 2. The fraction of sp³-hybridized carbons (Fsp3) is 0.176. The molecule has 0 radical (unpaired) electrons. The third-order valence-electron chi connectivity index (χ3n) is 3.53. The van der Waals surface area contributed by atoms with E-state index in [1.165, 1.54) is 7.11 Å². The number of carbonyl (C=O) groups excluding carboxylic acids is 2. The molecule has 0 fully saturated rings. The average molecular weight is 312 g/mol. The lowest BCUT2D eigenvalue weighted by Crippen LogP contribution is -2.34. The predicted molar refractivity (Wildman–Crippen MR) is 86.1 cm³/mol. The summed E-state index contributed by atoms with van der Waals surface area (Å²) in [5.74, 6) is 0.583. The van der Waals surface area contributed by atoms with Gasteiger partial charge in [-0.1, -0.05) is 12.1 Å². The van der Waals surface area contributed by atoms with Gasteiger partial charge in [0, 0.05) is 5.56 Å². The fourth-order valence-corrected chi connectivity index (χ4v) is 2.29. The molecule has 0 saturated carbocycles. The largest absolute Gasteiger partial charge is 0.495 e. The Bertz CT molecular complexity index is 773. The number of anilines is 2. The first kappa shape index (κ1) is 14.9. The summed E-state index contributed by atoms with van der Waals surface area (Å²) in [5.41, 5.74) is 1.47. The van der Waals surface area contributed by atoms with Crippen molar-refractivity contribution < 1.29 is 19.1 Å². The average Bonchev–Trinajstić information content (AvgIpc) is 2.56. The third kappa shape index (κ3) is 2.96. The molecule has 0 saturated heterocycles. The van der Waals surface area contributed by atoms with E-state index >= 15 is 0 Å². The molecule has 0 bridgehead atoms. The molecular weight excluding hydrogens is 296 g/mol. The maximum atomic E-state index is 12.4. The van der Waals surface area contributed by atoms with Crippen LogP contribution >= 0.6 is 0 Å². The van der Waals surface area contributed by atoms with E-state index in [4.69, 9.17) is 9.47 Å². The molecule has 6 heteroatoms. The van der Waals surface area contributed by atoms with Crippen LogP contribution in [0.3, 0.4) is 0 Å². The molecule has 0 aromatic heterocycles. The van der Waals surface area contributed by atoms with Crippen molar-refractivity contribution in [2.75, 3.05) is 17.7 Å². The molecule has 2 N–H and O–H groups in total. The molecule has 118 valence electrons. The Balaban J connectivity index is 1.83. The van der Waals surface area contributed by atoms with Crippen LogP contribution in [0.25, 0.3) is 0 Å². The highest BCUT2D eigenvalue weighted by Crippen LogP contribution is 2.31. The maximum Gasteiger partial charge on any atom is 0.265 e. The summed E-state index contributed by atoms with van der Waals surface area (Å²) in [6.07, 6.45) is -0.546. The second kappa shape index (κ2) is 6.00. The maximum absolute atomic E-state index is 12.4. The lowest BCUT2D eigenvalue weighted by molar-refractivity contribution is -0.122. The number of ether oxygens (including phenoxy) is 2. The van der Waals surface area contributed by atoms with Crippen LogP contribution in [-0.4, -0.2) is 25.0 Å². The van der Waals surface area contributed by atoms with Crippen LogP contribution in [0.4, 0.5) is 11.4 Å². The van der Waals surface area contributed by atoms with E-state index in [0.717, 1.165) is 0 Å². The van der Waals surface area contributed by atoms with Gasteiger partial charge >= 0.3 is 0 Å². The van der Waals surface area contributed by atoms with E-state index in [9.17, 15) is 9.59 Å². The molecule has 1 aliphatic rings. The Morgan fingerprint density at radius 3 is 2.83 bits per heavy atom. The van der Waals surface area contributed by atoms with Gasteiger partial charge in [0.1, 0.15) is 11.5 Å². The van der Waals surface area contributed by atoms with Crippen LogP contribution < -0.4 is 20.1 Å². The number of fused-ring (bicyclic) bond motifs is 1. The third-order valence-corrected chi connectivity index (χ3v) is 3.53. The number of rotatable bonds is 3. The quantitative estimate of drug-likeness (QED) is 0.913. The Morgan fingerprint density at radius 1 is 1.26 bits per heavy atom. The smallest absolute Gasteiger partial charge is 0.265 e. The zero-order valence-electron chi connectivity index (χ0n) is 12.8. The summed E-state index contributed by atoms with van der Waals surface area (Å²) in [5, 5.41) is 5.51. The highest BCUT2D eigenvalue weighted by atomic mass is 16.5. The van der Waals surface area contributed by atoms with Crippen LogP contribution in [0, 0.1) is 0 Å². The first-order valence-electron chi connectivity index (χ1n) is 7.14. The summed E-state index contributed by atoms with van der Waals surface area (Å²) in [4.78, 5) is 24.1. The van der Waals surface area contributed by atoms with Gasteiger partial charge in [0.2, 0.25) is 0 Å². The molecule has 6 nitrogen and oxygen atoms in total. The minimum absolute atomic E-state index is 0.236. The van der Waals surface area contributed by atoms with Gasteiger partial charge in [0.05, 0.1) is 18.5 Å². The zero-order chi connectivity index (χ0) is 16.4. The summed E-state index contributed by atoms with van der Waals surface area (Å²) in [6.45, 7) is 1.67. The van der Waals surface area contributed by atoms with E-state index in [0.29, 0.717) is 28.4 Å². The second-order valence-corrected chi connectivity index (χ2v) is 5.11. The zero-order valence-corrected chi connectivity index (χ0v) is 12.8. The van der Waals surface area contributed by atoms with E-state index in [-0.39, 0.29) is 11.8 Å². The number of hydrogen-bond acceptors (Lipinski definition) is 4. The van der Waals surface area contributed by atoms with Gasteiger partial charge in [-0.05, 0) is 37.3 Å². The number of methoxy groups -OCH3 is 1. The molecule has 1 aliphatic heterocycles. The first-order chi connectivity index (χ1) is 11.1. The monoisotopic (exact) mass is 312 g/mol. The van der Waals surface area contributed by atoms with Crippen LogP contribution in [0.1, 0.15) is 17.3 Å². The van der Waals surface area contributed by atoms with Crippen LogP contribution in [-0.2, 0) is 4.79 Å². The molecule has 2 amide bonds. The standard InChI is InChI=1S/C17H16N2O4/c1-10-16(20)19-13-9-11(7-8-15(13)23-10)17(21)18-12-5-3-4-6-14(12)22-2/h3-10H,1-2H3,(H,18,21)(H,19,20). The van der Waals surface area contributed by atoms with Gasteiger partial charge in [-0.15, -0.1) is 0 Å². The SMILES string of the molecule is COc1ccccc1NC(=O)c1ccc2c(c1)NC(=O)C(C)O2. The molecule has 23 heavy (non-hydrogen) atoms. The Hall–Kier alpha value is -3.02. The van der Waals surface area contributed by atoms with Crippen molar-refractivity contribution in [1.29, 1.82) is 0 Å². The highest BCUT2D eigenvalue weighted by molar-refractivity contribution is 6.07. The summed E-state index contributed by atoms with van der Waals surface area (Å²) in [6, 6.07) is 12.0. The summed E-state index contributed by atoms with van der Waals surface area (Å²) in [7, 11) is 1.54. The number of amides is 2. The number of nitrogens with one attached hydrogen (secondary N) is 2. The van der Waals surface area contributed by atoms with Gasteiger partial charge in [0.25, 0.3) is 11.8 Å². The minimum atomic E-state index is -0.546. The fourth-order valence-electron chi connectivity index (χ4n) is 2.29. The molecule has 3 rings (SSSR count). The van der Waals surface area contributed by atoms with Gasteiger partial charge in [-0.2, -0.15) is 0 Å². The molecule has 1 atom stereocenters. The van der Waals surface area contributed by atoms with Crippen molar-refractivity contribution >= 4 is 23.2 Å². The van der Waals surface area contributed by atoms with Gasteiger partial charge < -0.3 is 20.1 Å². The topological polar surface area (TPSA) is 76.7 Å². The highest BCUT2D eigenvalue weighted by Gasteiger charge is 2.24. The van der Waals surface area contributed by atoms with E-state index in [2.05, 4.69) is 10.6 Å². The number of benzene rings is 2. The summed E-state index contributed by atoms with van der Waals surface area (Å²) < 4.78 is 10.7. The van der Waals surface area contributed by atoms with Crippen LogP contribution in [0.2, 0.25) is 0 Å². The van der Waals surface area contributed by atoms with E-state index < -0.39 is 6.10 Å². The molecule has 0 spiro atoms. The van der Waals surface area contributed by atoms with Crippen LogP contribution in [0.15, 0.2) is 42.5 Å². The van der Waals surface area contributed by atoms with Crippen molar-refractivity contribution in [1.82, 2.24) is 0 Å². The molecular formula is C17H16N2O4. The number of hydrogen-bond donors (Lipinski definition) is 2. The molecule has 2 aromatic carbocycles. The molecule has 1 heterocycles. The number of carbonyl (C=O) groups is 2. The molecule has 2 aromatic rings. The minimum Gasteiger partial charge on any atom is -0.495 e. The van der Waals surface area contributed by atoms with E-state index in [1.807, 2.05) is 6.07 Å². The normalized spacial score (nSPS) is 15.9. The van der Waals surface area contributed by atoms with E-state index in [1.54, 1.807) is 43.3 Å².